The maximum atomic E-state index is 13.7. The summed E-state index contributed by atoms with van der Waals surface area (Å²) in [6.07, 6.45) is 0. The van der Waals surface area contributed by atoms with Gasteiger partial charge < -0.3 is 19.5 Å². The zero-order chi connectivity index (χ0) is 32.1. The highest BCUT2D eigenvalue weighted by Gasteiger charge is 2.29. The van der Waals surface area contributed by atoms with E-state index in [9.17, 15) is 26.0 Å². The van der Waals surface area contributed by atoms with Crippen molar-refractivity contribution in [2.75, 3.05) is 42.2 Å². The fourth-order valence-corrected chi connectivity index (χ4v) is 6.68. The van der Waals surface area contributed by atoms with Crippen molar-refractivity contribution in [1.29, 1.82) is 0 Å². The number of sulfonamides is 2. The van der Waals surface area contributed by atoms with E-state index in [0.29, 0.717) is 11.5 Å². The van der Waals surface area contributed by atoms with Crippen LogP contribution >= 0.6 is 0 Å². The van der Waals surface area contributed by atoms with E-state index in [-0.39, 0.29) is 32.6 Å². The molecule has 0 bridgehead atoms. The molecule has 4 aromatic carbocycles. The van der Waals surface area contributed by atoms with Gasteiger partial charge in [0, 0.05) is 11.8 Å². The molecule has 0 atom stereocenters. The van der Waals surface area contributed by atoms with Crippen LogP contribution in [0.25, 0.3) is 0 Å². The number of benzene rings is 4. The van der Waals surface area contributed by atoms with Crippen molar-refractivity contribution in [3.8, 4) is 17.2 Å². The van der Waals surface area contributed by atoms with Gasteiger partial charge in [0.2, 0.25) is 5.91 Å². The Balaban J connectivity index is 1.56. The molecule has 44 heavy (non-hydrogen) atoms. The highest BCUT2D eigenvalue weighted by Crippen LogP contribution is 2.32. The topological polar surface area (TPSA) is 140 Å². The molecule has 0 aliphatic heterocycles. The summed E-state index contributed by atoms with van der Waals surface area (Å²) in [4.78, 5) is 12.8. The molecule has 4 rings (SSSR count). The van der Waals surface area contributed by atoms with Crippen LogP contribution in [0.3, 0.4) is 0 Å². The molecule has 0 heterocycles. The fraction of sp³-hybridized carbons (Fsp3) is 0.167. The number of nitrogens with zero attached hydrogens (tertiary/aromatic N) is 1. The first kappa shape index (κ1) is 32.1. The quantitative estimate of drug-likeness (QED) is 0.225. The number of hydrogen-bond donors (Lipinski definition) is 2. The summed E-state index contributed by atoms with van der Waals surface area (Å²) < 4.78 is 86.1. The minimum Gasteiger partial charge on any atom is -0.495 e. The molecule has 0 aromatic heterocycles. The monoisotopic (exact) mass is 643 g/mol. The van der Waals surface area contributed by atoms with E-state index < -0.39 is 38.3 Å². The SMILES string of the molecule is COc1ccc(C)cc1NS(=O)(=O)c1ccc(NC(=O)CN(c2ccc(F)cc2)S(=O)(=O)c2ccc(OC)c(OC)c2)cc1. The molecule has 14 heteroatoms. The summed E-state index contributed by atoms with van der Waals surface area (Å²) >= 11 is 0. The number of anilines is 3. The van der Waals surface area contributed by atoms with Crippen molar-refractivity contribution in [3.63, 3.8) is 0 Å². The number of amides is 1. The number of carbonyl (C=O) groups excluding carboxylic acids is 1. The highest BCUT2D eigenvalue weighted by molar-refractivity contribution is 7.93. The molecule has 0 fully saturated rings. The normalized spacial score (nSPS) is 11.4. The Hall–Kier alpha value is -4.82. The number of rotatable bonds is 12. The molecule has 232 valence electrons. The lowest BCUT2D eigenvalue weighted by Crippen LogP contribution is -2.38. The Bertz CT molecular complexity index is 1870. The molecule has 0 saturated heterocycles. The van der Waals surface area contributed by atoms with Gasteiger partial charge in [-0.25, -0.2) is 21.2 Å². The molecule has 11 nitrogen and oxygen atoms in total. The number of methoxy groups -OCH3 is 3. The van der Waals surface area contributed by atoms with Crippen LogP contribution in [0.5, 0.6) is 17.2 Å². The number of halogens is 1. The lowest BCUT2D eigenvalue weighted by Gasteiger charge is -2.24. The first-order chi connectivity index (χ1) is 20.9. The average molecular weight is 644 g/mol. The van der Waals surface area contributed by atoms with Crippen LogP contribution in [0.15, 0.2) is 94.7 Å². The van der Waals surface area contributed by atoms with Crippen LogP contribution < -0.4 is 28.6 Å². The van der Waals surface area contributed by atoms with Crippen molar-refractivity contribution in [2.45, 2.75) is 16.7 Å². The number of carbonyl (C=O) groups is 1. The van der Waals surface area contributed by atoms with E-state index in [2.05, 4.69) is 10.0 Å². The number of aryl methyl sites for hydroxylation is 1. The summed E-state index contributed by atoms with van der Waals surface area (Å²) in [6, 6.07) is 18.9. The minimum absolute atomic E-state index is 0.0374. The van der Waals surface area contributed by atoms with E-state index in [0.717, 1.165) is 22.0 Å². The largest absolute Gasteiger partial charge is 0.495 e. The summed E-state index contributed by atoms with van der Waals surface area (Å²) in [7, 11) is -4.18. The second kappa shape index (κ2) is 13.2. The summed E-state index contributed by atoms with van der Waals surface area (Å²) in [5, 5.41) is 2.57. The third kappa shape index (κ3) is 7.21. The molecule has 0 spiro atoms. The van der Waals surface area contributed by atoms with Gasteiger partial charge in [0.1, 0.15) is 18.1 Å². The maximum Gasteiger partial charge on any atom is 0.264 e. The van der Waals surface area contributed by atoms with Crippen molar-refractivity contribution in [3.05, 3.63) is 96.3 Å². The van der Waals surface area contributed by atoms with E-state index in [1.165, 1.54) is 75.9 Å². The van der Waals surface area contributed by atoms with Gasteiger partial charge in [-0.15, -0.1) is 0 Å². The first-order valence-corrected chi connectivity index (χ1v) is 15.9. The van der Waals surface area contributed by atoms with E-state index in [4.69, 9.17) is 14.2 Å². The molecule has 0 radical (unpaired) electrons. The second-order valence-electron chi connectivity index (χ2n) is 9.39. The Morgan fingerprint density at radius 3 is 1.95 bits per heavy atom. The molecule has 2 N–H and O–H groups in total. The van der Waals surface area contributed by atoms with Crippen LogP contribution in [0, 0.1) is 12.7 Å². The first-order valence-electron chi connectivity index (χ1n) is 13.0. The van der Waals surface area contributed by atoms with Crippen molar-refractivity contribution in [1.82, 2.24) is 0 Å². The van der Waals surface area contributed by atoms with Gasteiger partial charge in [0.05, 0.1) is 42.5 Å². The van der Waals surface area contributed by atoms with Crippen molar-refractivity contribution < 1.29 is 40.2 Å². The molecule has 0 saturated carbocycles. The Labute approximate surface area is 255 Å². The molecular formula is C30H30FN3O8S2. The molecular weight excluding hydrogens is 613 g/mol. The lowest BCUT2D eigenvalue weighted by atomic mass is 10.2. The second-order valence-corrected chi connectivity index (χ2v) is 12.9. The number of ether oxygens (including phenoxy) is 3. The summed E-state index contributed by atoms with van der Waals surface area (Å²) in [5.74, 6) is -0.529. The number of nitrogens with one attached hydrogen (secondary N) is 2. The van der Waals surface area contributed by atoms with Crippen molar-refractivity contribution >= 4 is 43.0 Å². The van der Waals surface area contributed by atoms with Gasteiger partial charge >= 0.3 is 0 Å². The van der Waals surface area contributed by atoms with E-state index in [1.807, 2.05) is 6.92 Å². The van der Waals surface area contributed by atoms with Crippen molar-refractivity contribution in [2.24, 2.45) is 0 Å². The highest BCUT2D eigenvalue weighted by atomic mass is 32.2. The summed E-state index contributed by atoms with van der Waals surface area (Å²) in [6.45, 7) is 1.13. The van der Waals surface area contributed by atoms with Gasteiger partial charge in [-0.1, -0.05) is 6.07 Å². The third-order valence-electron chi connectivity index (χ3n) is 6.39. The molecule has 0 aliphatic rings. The molecule has 1 amide bonds. The average Bonchev–Trinajstić information content (AvgIpc) is 3.00. The predicted octanol–water partition coefficient (Wildman–Crippen LogP) is 4.79. The zero-order valence-corrected chi connectivity index (χ0v) is 25.8. The molecule has 0 unspecified atom stereocenters. The Kier molecular flexibility index (Phi) is 9.65. The zero-order valence-electron chi connectivity index (χ0n) is 24.2. The molecule has 4 aromatic rings. The third-order valence-corrected chi connectivity index (χ3v) is 9.54. The van der Waals surface area contributed by atoms with Gasteiger partial charge in [0.15, 0.2) is 11.5 Å². The minimum atomic E-state index is -4.36. The maximum absolute atomic E-state index is 13.7. The predicted molar refractivity (Wildman–Crippen MR) is 164 cm³/mol. The smallest absolute Gasteiger partial charge is 0.264 e. The van der Waals surface area contributed by atoms with Crippen LogP contribution in [0.4, 0.5) is 21.5 Å². The Morgan fingerprint density at radius 1 is 0.750 bits per heavy atom. The standard InChI is InChI=1S/C30H30FN3O8S2/c1-20-5-15-27(40-2)26(17-20)33-43(36,37)24-12-8-22(9-13-24)32-30(35)19-34(23-10-6-21(31)7-11-23)44(38,39)25-14-16-28(41-3)29(18-25)42-4/h5-18,33H,19H2,1-4H3,(H,32,35). The van der Waals surface area contributed by atoms with E-state index in [1.54, 1.807) is 18.2 Å². The van der Waals surface area contributed by atoms with Gasteiger partial charge in [-0.3, -0.25) is 13.8 Å². The lowest BCUT2D eigenvalue weighted by molar-refractivity contribution is -0.114. The van der Waals surface area contributed by atoms with Crippen LogP contribution in [0.2, 0.25) is 0 Å². The van der Waals surface area contributed by atoms with Gasteiger partial charge in [0.25, 0.3) is 20.0 Å². The molecule has 0 aliphatic carbocycles. The van der Waals surface area contributed by atoms with Gasteiger partial charge in [-0.2, -0.15) is 0 Å². The van der Waals surface area contributed by atoms with E-state index >= 15 is 0 Å². The van der Waals surface area contributed by atoms with Crippen LogP contribution in [-0.2, 0) is 24.8 Å². The van der Waals surface area contributed by atoms with Gasteiger partial charge in [-0.05, 0) is 85.3 Å². The summed E-state index contributed by atoms with van der Waals surface area (Å²) in [5.41, 5.74) is 1.34. The Morgan fingerprint density at radius 2 is 1.34 bits per heavy atom. The van der Waals surface area contributed by atoms with Crippen LogP contribution in [-0.4, -0.2) is 50.6 Å². The van der Waals surface area contributed by atoms with Crippen LogP contribution in [0.1, 0.15) is 5.56 Å². The number of hydrogen-bond acceptors (Lipinski definition) is 8. The fourth-order valence-electron chi connectivity index (χ4n) is 4.18.